The van der Waals surface area contributed by atoms with Crippen LogP contribution in [0.5, 0.6) is 0 Å². The van der Waals surface area contributed by atoms with Gasteiger partial charge in [0.05, 0.1) is 6.10 Å². The predicted molar refractivity (Wildman–Crippen MR) is 71.6 cm³/mol. The Morgan fingerprint density at radius 1 is 1.29 bits per heavy atom. The number of thiophene rings is 1. The lowest BCUT2D eigenvalue weighted by Gasteiger charge is -2.28. The third-order valence-electron chi connectivity index (χ3n) is 3.92. The van der Waals surface area contributed by atoms with E-state index in [-0.39, 0.29) is 0 Å². The van der Waals surface area contributed by atoms with Crippen LogP contribution in [-0.4, -0.2) is 19.3 Å². The van der Waals surface area contributed by atoms with E-state index >= 15 is 0 Å². The number of hydrogen-bond acceptors (Lipinski definition) is 3. The van der Waals surface area contributed by atoms with E-state index in [0.29, 0.717) is 12.1 Å². The Balaban J connectivity index is 1.56. The van der Waals surface area contributed by atoms with E-state index in [9.17, 15) is 0 Å². The second-order valence-electron chi connectivity index (χ2n) is 5.14. The van der Waals surface area contributed by atoms with Crippen LogP contribution in [0.4, 0.5) is 0 Å². The molecule has 0 radical (unpaired) electrons. The van der Waals surface area contributed by atoms with Gasteiger partial charge in [-0.3, -0.25) is 0 Å². The molecule has 2 aliphatic rings. The van der Waals surface area contributed by atoms with Gasteiger partial charge in [-0.1, -0.05) is 0 Å². The lowest BCUT2D eigenvalue weighted by Crippen LogP contribution is -2.35. The maximum Gasteiger partial charge on any atom is 0.0699 e. The Morgan fingerprint density at radius 2 is 2.29 bits per heavy atom. The lowest BCUT2D eigenvalue weighted by molar-refractivity contribution is 0.0150. The van der Waals surface area contributed by atoms with E-state index in [2.05, 4.69) is 16.8 Å². The van der Waals surface area contributed by atoms with Gasteiger partial charge in [-0.05, 0) is 55.5 Å². The highest BCUT2D eigenvalue weighted by Crippen LogP contribution is 2.33. The van der Waals surface area contributed by atoms with Crippen molar-refractivity contribution in [2.75, 3.05) is 13.2 Å². The molecule has 0 aromatic carbocycles. The number of hydrogen-bond donors (Lipinski definition) is 1. The molecule has 1 aliphatic carbocycles. The summed E-state index contributed by atoms with van der Waals surface area (Å²) in [4.78, 5) is 1.60. The average Bonchev–Trinajstić information content (AvgIpc) is 2.86. The van der Waals surface area contributed by atoms with Crippen molar-refractivity contribution in [3.8, 4) is 0 Å². The summed E-state index contributed by atoms with van der Waals surface area (Å²) >= 11 is 1.92. The van der Waals surface area contributed by atoms with Gasteiger partial charge in [0.15, 0.2) is 0 Å². The van der Waals surface area contributed by atoms with Crippen LogP contribution in [0.2, 0.25) is 0 Å². The maximum absolute atomic E-state index is 5.78. The zero-order chi connectivity index (χ0) is 11.5. The largest absolute Gasteiger partial charge is 0.377 e. The van der Waals surface area contributed by atoms with E-state index in [1.807, 2.05) is 11.3 Å². The Labute approximate surface area is 107 Å². The number of fused-ring (bicyclic) bond motifs is 1. The first-order valence-corrected chi connectivity index (χ1v) is 7.73. The van der Waals surface area contributed by atoms with Crippen molar-refractivity contribution in [3.05, 3.63) is 21.9 Å². The molecule has 0 spiro atoms. The third-order valence-corrected chi connectivity index (χ3v) is 4.91. The number of aryl methyl sites for hydroxylation is 1. The molecule has 1 aromatic heterocycles. The predicted octanol–water partition coefficient (Wildman–Crippen LogP) is 3.28. The molecule has 94 valence electrons. The van der Waals surface area contributed by atoms with Gasteiger partial charge in [-0.15, -0.1) is 11.3 Å². The van der Waals surface area contributed by atoms with Crippen molar-refractivity contribution in [2.45, 2.75) is 50.7 Å². The van der Waals surface area contributed by atoms with Crippen molar-refractivity contribution < 1.29 is 4.74 Å². The van der Waals surface area contributed by atoms with Gasteiger partial charge in [0.25, 0.3) is 0 Å². The molecule has 3 rings (SSSR count). The lowest BCUT2D eigenvalue weighted by atomic mass is 9.94. The number of ether oxygens (including phenoxy) is 1. The minimum absolute atomic E-state index is 0.452. The zero-order valence-electron chi connectivity index (χ0n) is 10.3. The zero-order valence-corrected chi connectivity index (χ0v) is 11.1. The molecule has 1 aromatic rings. The summed E-state index contributed by atoms with van der Waals surface area (Å²) in [6.45, 7) is 1.99. The molecule has 17 heavy (non-hydrogen) atoms. The molecular weight excluding hydrogens is 230 g/mol. The normalized spacial score (nSPS) is 28.9. The van der Waals surface area contributed by atoms with Gasteiger partial charge in [-0.2, -0.15) is 0 Å². The van der Waals surface area contributed by atoms with Crippen molar-refractivity contribution in [2.24, 2.45) is 0 Å². The van der Waals surface area contributed by atoms with Crippen LogP contribution in [0.15, 0.2) is 11.4 Å². The monoisotopic (exact) mass is 251 g/mol. The highest BCUT2D eigenvalue weighted by Gasteiger charge is 2.22. The van der Waals surface area contributed by atoms with E-state index < -0.39 is 0 Å². The van der Waals surface area contributed by atoms with Crippen LogP contribution in [-0.2, 0) is 11.2 Å². The van der Waals surface area contributed by atoms with Crippen molar-refractivity contribution in [3.63, 3.8) is 0 Å². The summed E-state index contributed by atoms with van der Waals surface area (Å²) in [6, 6.07) is 2.88. The summed E-state index contributed by atoms with van der Waals surface area (Å²) in [7, 11) is 0. The minimum atomic E-state index is 0.452. The maximum atomic E-state index is 5.78. The third kappa shape index (κ3) is 2.72. The summed E-state index contributed by atoms with van der Waals surface area (Å²) in [5.74, 6) is 0. The molecule has 0 saturated carbocycles. The average molecular weight is 251 g/mol. The van der Waals surface area contributed by atoms with Crippen LogP contribution in [0, 0.1) is 0 Å². The molecule has 1 aliphatic heterocycles. The first-order chi connectivity index (χ1) is 8.43. The Morgan fingerprint density at radius 3 is 3.18 bits per heavy atom. The topological polar surface area (TPSA) is 21.3 Å². The van der Waals surface area contributed by atoms with Crippen LogP contribution < -0.4 is 5.32 Å². The van der Waals surface area contributed by atoms with Crippen LogP contribution in [0.3, 0.4) is 0 Å². The molecule has 1 fully saturated rings. The van der Waals surface area contributed by atoms with Crippen LogP contribution in [0.25, 0.3) is 0 Å². The summed E-state index contributed by atoms with van der Waals surface area (Å²) in [5, 5.41) is 5.95. The standard InChI is InChI=1S/C14H21NOS/c1-2-8-16-11(4-1)10-15-13-5-3-6-14-12(13)7-9-17-14/h7,9,11,13,15H,1-6,8,10H2. The highest BCUT2D eigenvalue weighted by molar-refractivity contribution is 7.10. The number of nitrogens with one attached hydrogen (secondary N) is 1. The van der Waals surface area contributed by atoms with Gasteiger partial charge in [0.1, 0.15) is 0 Å². The molecule has 0 amide bonds. The number of rotatable bonds is 3. The van der Waals surface area contributed by atoms with Gasteiger partial charge in [-0.25, -0.2) is 0 Å². The summed E-state index contributed by atoms with van der Waals surface area (Å²) in [6.07, 6.45) is 8.16. The molecule has 2 heterocycles. The Bertz CT molecular complexity index is 357. The van der Waals surface area contributed by atoms with Crippen LogP contribution in [0.1, 0.15) is 48.6 Å². The van der Waals surface area contributed by atoms with Crippen LogP contribution >= 0.6 is 11.3 Å². The fraction of sp³-hybridized carbons (Fsp3) is 0.714. The van der Waals surface area contributed by atoms with E-state index in [1.54, 1.807) is 10.4 Å². The molecule has 3 heteroatoms. The van der Waals surface area contributed by atoms with E-state index in [4.69, 9.17) is 4.74 Å². The molecule has 0 bridgehead atoms. The smallest absolute Gasteiger partial charge is 0.0699 e. The van der Waals surface area contributed by atoms with Gasteiger partial charge in [0, 0.05) is 24.1 Å². The fourth-order valence-corrected chi connectivity index (χ4v) is 3.93. The minimum Gasteiger partial charge on any atom is -0.377 e. The first-order valence-electron chi connectivity index (χ1n) is 6.85. The Kier molecular flexibility index (Phi) is 3.79. The molecule has 2 nitrogen and oxygen atoms in total. The molecule has 1 saturated heterocycles. The SMILES string of the molecule is c1cc2c(s1)CCCC2NCC1CCCCO1. The van der Waals surface area contributed by atoms with Crippen molar-refractivity contribution >= 4 is 11.3 Å². The van der Waals surface area contributed by atoms with Gasteiger partial charge >= 0.3 is 0 Å². The van der Waals surface area contributed by atoms with Crippen molar-refractivity contribution in [1.29, 1.82) is 0 Å². The van der Waals surface area contributed by atoms with E-state index in [1.165, 1.54) is 38.5 Å². The first kappa shape index (κ1) is 11.7. The molecular formula is C14H21NOS. The van der Waals surface area contributed by atoms with Gasteiger partial charge in [0.2, 0.25) is 0 Å². The van der Waals surface area contributed by atoms with Gasteiger partial charge < -0.3 is 10.1 Å². The fourth-order valence-electron chi connectivity index (χ4n) is 2.94. The summed E-state index contributed by atoms with van der Waals surface area (Å²) in [5.41, 5.74) is 1.55. The Hall–Kier alpha value is -0.380. The molecule has 1 N–H and O–H groups in total. The van der Waals surface area contributed by atoms with Crippen molar-refractivity contribution in [1.82, 2.24) is 5.32 Å². The summed E-state index contributed by atoms with van der Waals surface area (Å²) < 4.78 is 5.78. The van der Waals surface area contributed by atoms with E-state index in [0.717, 1.165) is 13.2 Å². The quantitative estimate of drug-likeness (QED) is 0.890. The molecule has 2 atom stereocenters. The second kappa shape index (κ2) is 5.51. The second-order valence-corrected chi connectivity index (χ2v) is 6.14. The highest BCUT2D eigenvalue weighted by atomic mass is 32.1. The molecule has 2 unspecified atom stereocenters.